The lowest BCUT2D eigenvalue weighted by molar-refractivity contribution is 0.567. The molecule has 6 heteroatoms. The normalized spacial score (nSPS) is 12.6. The molecule has 2 aromatic rings. The van der Waals surface area contributed by atoms with E-state index in [-0.39, 0.29) is 11.9 Å². The molecule has 0 spiro atoms. The van der Waals surface area contributed by atoms with Gasteiger partial charge in [0.15, 0.2) is 5.82 Å². The summed E-state index contributed by atoms with van der Waals surface area (Å²) in [6.07, 6.45) is 0.621. The molecule has 90 valence electrons. The van der Waals surface area contributed by atoms with Gasteiger partial charge in [0.1, 0.15) is 5.82 Å². The summed E-state index contributed by atoms with van der Waals surface area (Å²) in [5.74, 6) is 0.428. The molecule has 1 N–H and O–H groups in total. The van der Waals surface area contributed by atoms with Gasteiger partial charge in [-0.2, -0.15) is 4.80 Å². The first kappa shape index (κ1) is 11.7. The molecule has 0 saturated heterocycles. The van der Waals surface area contributed by atoms with Crippen LogP contribution in [-0.4, -0.2) is 27.3 Å². The third-order valence-corrected chi connectivity index (χ3v) is 2.56. The highest BCUT2D eigenvalue weighted by Crippen LogP contribution is 2.16. The molecule has 17 heavy (non-hydrogen) atoms. The monoisotopic (exact) mass is 235 g/mol. The van der Waals surface area contributed by atoms with Crippen LogP contribution < -0.4 is 5.32 Å². The Morgan fingerprint density at radius 2 is 2.06 bits per heavy atom. The van der Waals surface area contributed by atoms with Gasteiger partial charge in [0.2, 0.25) is 0 Å². The second-order valence-electron chi connectivity index (χ2n) is 3.79. The molecule has 1 aromatic carbocycles. The van der Waals surface area contributed by atoms with Crippen LogP contribution in [0.1, 0.15) is 17.4 Å². The molecule has 0 aliphatic rings. The van der Waals surface area contributed by atoms with Crippen LogP contribution >= 0.6 is 0 Å². The number of tetrazole rings is 1. The topological polar surface area (TPSA) is 55.6 Å². The van der Waals surface area contributed by atoms with Crippen LogP contribution in [-0.2, 0) is 13.5 Å². The molecular formula is C11H14FN5. The van der Waals surface area contributed by atoms with E-state index in [1.807, 2.05) is 7.05 Å². The first-order valence-electron chi connectivity index (χ1n) is 5.34. The zero-order valence-corrected chi connectivity index (χ0v) is 9.76. The lowest BCUT2D eigenvalue weighted by atomic mass is 10.0. The molecule has 5 nitrogen and oxygen atoms in total. The Bertz CT molecular complexity index is 479. The molecule has 0 aliphatic carbocycles. The minimum Gasteiger partial charge on any atom is -0.313 e. The Balaban J connectivity index is 2.13. The van der Waals surface area contributed by atoms with E-state index in [0.717, 1.165) is 5.56 Å². The van der Waals surface area contributed by atoms with Crippen molar-refractivity contribution in [3.63, 3.8) is 0 Å². The van der Waals surface area contributed by atoms with E-state index in [1.165, 1.54) is 16.9 Å². The van der Waals surface area contributed by atoms with E-state index in [1.54, 1.807) is 19.2 Å². The summed E-state index contributed by atoms with van der Waals surface area (Å²) in [6, 6.07) is 6.47. The summed E-state index contributed by atoms with van der Waals surface area (Å²) >= 11 is 0. The second kappa shape index (κ2) is 5.01. The highest BCUT2D eigenvalue weighted by Gasteiger charge is 2.13. The number of hydrogen-bond donors (Lipinski definition) is 1. The summed E-state index contributed by atoms with van der Waals surface area (Å²) in [5.41, 5.74) is 1.00. The third-order valence-electron chi connectivity index (χ3n) is 2.56. The highest BCUT2D eigenvalue weighted by molar-refractivity contribution is 5.20. The number of likely N-dealkylation sites (N-methyl/N-ethyl adjacent to an activating group) is 1. The summed E-state index contributed by atoms with van der Waals surface area (Å²) < 4.78 is 12.8. The van der Waals surface area contributed by atoms with Gasteiger partial charge in [-0.15, -0.1) is 10.2 Å². The van der Waals surface area contributed by atoms with E-state index in [4.69, 9.17) is 0 Å². The average Bonchev–Trinajstić information content (AvgIpc) is 2.73. The van der Waals surface area contributed by atoms with Gasteiger partial charge in [-0.3, -0.25) is 0 Å². The van der Waals surface area contributed by atoms with Gasteiger partial charge in [0.05, 0.1) is 7.05 Å². The van der Waals surface area contributed by atoms with Crippen LogP contribution in [0.25, 0.3) is 0 Å². The maximum absolute atomic E-state index is 12.8. The predicted octanol–water partition coefficient (Wildman–Crippen LogP) is 0.852. The van der Waals surface area contributed by atoms with Gasteiger partial charge in [-0.25, -0.2) is 4.39 Å². The largest absolute Gasteiger partial charge is 0.313 e. The van der Waals surface area contributed by atoms with E-state index >= 15 is 0 Å². The van der Waals surface area contributed by atoms with Crippen LogP contribution in [0, 0.1) is 5.82 Å². The molecule has 1 unspecified atom stereocenters. The maximum atomic E-state index is 12.8. The Labute approximate surface area is 98.6 Å². The van der Waals surface area contributed by atoms with Crippen LogP contribution in [0.4, 0.5) is 4.39 Å². The zero-order valence-electron chi connectivity index (χ0n) is 9.76. The number of nitrogens with one attached hydrogen (secondary N) is 1. The fraction of sp³-hybridized carbons (Fsp3) is 0.364. The van der Waals surface area contributed by atoms with Crippen LogP contribution in [0.3, 0.4) is 0 Å². The zero-order chi connectivity index (χ0) is 12.3. The van der Waals surface area contributed by atoms with Gasteiger partial charge < -0.3 is 5.32 Å². The molecule has 0 radical (unpaired) electrons. The quantitative estimate of drug-likeness (QED) is 0.853. The molecule has 1 aromatic heterocycles. The van der Waals surface area contributed by atoms with E-state index in [0.29, 0.717) is 12.2 Å². The number of rotatable bonds is 4. The molecule has 0 amide bonds. The lowest BCUT2D eigenvalue weighted by Crippen LogP contribution is -2.19. The fourth-order valence-corrected chi connectivity index (χ4v) is 1.67. The summed E-state index contributed by atoms with van der Waals surface area (Å²) in [6.45, 7) is 0. The second-order valence-corrected chi connectivity index (χ2v) is 3.79. The molecule has 2 rings (SSSR count). The summed E-state index contributed by atoms with van der Waals surface area (Å²) in [5, 5.41) is 15.0. The first-order valence-corrected chi connectivity index (χ1v) is 5.34. The fourth-order valence-electron chi connectivity index (χ4n) is 1.67. The molecule has 0 fully saturated rings. The highest BCUT2D eigenvalue weighted by atomic mass is 19.1. The standard InChI is InChI=1S/C11H14FN5/c1-13-10(7-11-14-16-17(2)15-11)8-3-5-9(12)6-4-8/h3-6,10,13H,7H2,1-2H3. The van der Waals surface area contributed by atoms with Gasteiger partial charge in [0, 0.05) is 12.5 Å². The lowest BCUT2D eigenvalue weighted by Gasteiger charge is -2.14. The molecule has 1 heterocycles. The minimum absolute atomic E-state index is 0.0554. The van der Waals surface area contributed by atoms with Gasteiger partial charge in [-0.05, 0) is 30.0 Å². The first-order chi connectivity index (χ1) is 8.19. The molecule has 0 bridgehead atoms. The average molecular weight is 235 g/mol. The Hall–Kier alpha value is -1.82. The Morgan fingerprint density at radius 3 is 2.59 bits per heavy atom. The van der Waals surface area contributed by atoms with Crippen molar-refractivity contribution < 1.29 is 4.39 Å². The van der Waals surface area contributed by atoms with Gasteiger partial charge >= 0.3 is 0 Å². The van der Waals surface area contributed by atoms with Crippen LogP contribution in [0.2, 0.25) is 0 Å². The van der Waals surface area contributed by atoms with Crippen LogP contribution in [0.5, 0.6) is 0 Å². The Morgan fingerprint density at radius 1 is 1.35 bits per heavy atom. The number of aromatic nitrogens is 4. The van der Waals surface area contributed by atoms with Crippen molar-refractivity contribution in [3.8, 4) is 0 Å². The molecule has 0 saturated carbocycles. The summed E-state index contributed by atoms with van der Waals surface area (Å²) in [4.78, 5) is 1.42. The smallest absolute Gasteiger partial charge is 0.176 e. The van der Waals surface area contributed by atoms with Crippen molar-refractivity contribution in [2.24, 2.45) is 7.05 Å². The minimum atomic E-state index is -0.235. The van der Waals surface area contributed by atoms with E-state index in [2.05, 4.69) is 20.7 Å². The van der Waals surface area contributed by atoms with Crippen molar-refractivity contribution in [1.82, 2.24) is 25.5 Å². The van der Waals surface area contributed by atoms with Crippen LogP contribution in [0.15, 0.2) is 24.3 Å². The maximum Gasteiger partial charge on any atom is 0.176 e. The molecular weight excluding hydrogens is 221 g/mol. The number of halogens is 1. The third kappa shape index (κ3) is 2.85. The number of aryl methyl sites for hydroxylation is 1. The van der Waals surface area contributed by atoms with Gasteiger partial charge in [-0.1, -0.05) is 12.1 Å². The van der Waals surface area contributed by atoms with Crippen molar-refractivity contribution in [1.29, 1.82) is 0 Å². The van der Waals surface area contributed by atoms with Gasteiger partial charge in [0.25, 0.3) is 0 Å². The van der Waals surface area contributed by atoms with E-state index < -0.39 is 0 Å². The predicted molar refractivity (Wildman–Crippen MR) is 60.7 cm³/mol. The van der Waals surface area contributed by atoms with Crippen molar-refractivity contribution in [2.75, 3.05) is 7.05 Å². The molecule has 1 atom stereocenters. The Kier molecular flexibility index (Phi) is 3.43. The van der Waals surface area contributed by atoms with Crippen molar-refractivity contribution in [3.05, 3.63) is 41.5 Å². The van der Waals surface area contributed by atoms with Crippen molar-refractivity contribution >= 4 is 0 Å². The van der Waals surface area contributed by atoms with Crippen molar-refractivity contribution in [2.45, 2.75) is 12.5 Å². The van der Waals surface area contributed by atoms with E-state index in [9.17, 15) is 4.39 Å². The summed E-state index contributed by atoms with van der Waals surface area (Å²) in [7, 11) is 3.58. The molecule has 0 aliphatic heterocycles. The SMILES string of the molecule is CNC(Cc1nnn(C)n1)c1ccc(F)cc1. The number of nitrogens with zero attached hydrogens (tertiary/aromatic N) is 4. The number of benzene rings is 1. The number of hydrogen-bond acceptors (Lipinski definition) is 4.